The van der Waals surface area contributed by atoms with Crippen molar-refractivity contribution in [1.82, 2.24) is 0 Å². The van der Waals surface area contributed by atoms with Crippen molar-refractivity contribution in [1.29, 1.82) is 0 Å². The molecule has 2 aromatic carbocycles. The van der Waals surface area contributed by atoms with Gasteiger partial charge in [0.15, 0.2) is 0 Å². The Morgan fingerprint density at radius 2 is 1.91 bits per heavy atom. The number of aryl methyl sites for hydroxylation is 1. The molecule has 0 heterocycles. The van der Waals surface area contributed by atoms with E-state index in [-0.39, 0.29) is 10.6 Å². The van der Waals surface area contributed by atoms with Crippen molar-refractivity contribution in [2.45, 2.75) is 11.8 Å². The number of benzene rings is 2. The first-order valence-corrected chi connectivity index (χ1v) is 7.74. The summed E-state index contributed by atoms with van der Waals surface area (Å²) >= 11 is 0. The van der Waals surface area contributed by atoms with Crippen molar-refractivity contribution in [2.24, 2.45) is 0 Å². The summed E-state index contributed by atoms with van der Waals surface area (Å²) in [6.45, 7) is 1.55. The van der Waals surface area contributed by atoms with E-state index in [1.165, 1.54) is 25.3 Å². The summed E-state index contributed by atoms with van der Waals surface area (Å²) < 4.78 is 32.0. The van der Waals surface area contributed by atoms with Crippen molar-refractivity contribution in [3.8, 4) is 5.75 Å². The fourth-order valence-corrected chi connectivity index (χ4v) is 2.92. The molecule has 2 aromatic rings. The lowest BCUT2D eigenvalue weighted by molar-refractivity contribution is -0.385. The van der Waals surface area contributed by atoms with Gasteiger partial charge in [-0.1, -0.05) is 12.1 Å². The number of nitrogens with zero attached hydrogens (tertiary/aromatic N) is 1. The summed E-state index contributed by atoms with van der Waals surface area (Å²) in [6.07, 6.45) is 0. The predicted molar refractivity (Wildman–Crippen MR) is 81.6 cm³/mol. The number of rotatable bonds is 5. The standard InChI is InChI=1S/C14H14N2O5S/c1-10-6-7-13(9-14(10)16(17)18)22(19,20)15-11-4-3-5-12(8-11)21-2/h3-9,15H,1-2H3. The minimum atomic E-state index is -3.92. The SMILES string of the molecule is COc1cccc(NS(=O)(=O)c2ccc(C)c([N+](=O)[O-])c2)c1. The molecule has 116 valence electrons. The minimum absolute atomic E-state index is 0.174. The Labute approximate surface area is 127 Å². The van der Waals surface area contributed by atoms with E-state index in [4.69, 9.17) is 4.74 Å². The summed E-state index contributed by atoms with van der Waals surface area (Å²) in [5, 5.41) is 10.9. The highest BCUT2D eigenvalue weighted by molar-refractivity contribution is 7.92. The third-order valence-corrected chi connectivity index (χ3v) is 4.39. The van der Waals surface area contributed by atoms with Crippen molar-refractivity contribution in [3.63, 3.8) is 0 Å². The number of sulfonamides is 1. The van der Waals surface area contributed by atoms with E-state index in [0.717, 1.165) is 6.07 Å². The van der Waals surface area contributed by atoms with E-state index >= 15 is 0 Å². The summed E-state index contributed by atoms with van der Waals surface area (Å²) in [4.78, 5) is 10.1. The van der Waals surface area contributed by atoms with Gasteiger partial charge >= 0.3 is 0 Å². The van der Waals surface area contributed by atoms with Gasteiger partial charge in [0.1, 0.15) is 5.75 Å². The third kappa shape index (κ3) is 3.34. The molecule has 0 bridgehead atoms. The van der Waals surface area contributed by atoms with Gasteiger partial charge < -0.3 is 4.74 Å². The summed E-state index contributed by atoms with van der Waals surface area (Å²) in [6, 6.07) is 10.1. The molecule has 7 nitrogen and oxygen atoms in total. The van der Waals surface area contributed by atoms with E-state index < -0.39 is 14.9 Å². The third-order valence-electron chi connectivity index (χ3n) is 3.01. The number of methoxy groups -OCH3 is 1. The fourth-order valence-electron chi connectivity index (χ4n) is 1.85. The zero-order valence-electron chi connectivity index (χ0n) is 11.9. The first kappa shape index (κ1) is 15.8. The fraction of sp³-hybridized carbons (Fsp3) is 0.143. The monoisotopic (exact) mass is 322 g/mol. The smallest absolute Gasteiger partial charge is 0.273 e. The molecule has 0 atom stereocenters. The highest BCUT2D eigenvalue weighted by Crippen LogP contribution is 2.25. The van der Waals surface area contributed by atoms with Crippen LogP contribution in [0.2, 0.25) is 0 Å². The quantitative estimate of drug-likeness (QED) is 0.674. The topological polar surface area (TPSA) is 98.5 Å². The Hall–Kier alpha value is -2.61. The number of anilines is 1. The van der Waals surface area contributed by atoms with Crippen LogP contribution in [0.1, 0.15) is 5.56 Å². The Morgan fingerprint density at radius 3 is 2.55 bits per heavy atom. The maximum absolute atomic E-state index is 12.3. The molecule has 0 aromatic heterocycles. The van der Waals surface area contributed by atoms with E-state index in [9.17, 15) is 18.5 Å². The highest BCUT2D eigenvalue weighted by atomic mass is 32.2. The number of nitro groups is 1. The Bertz CT molecular complexity index is 818. The van der Waals surface area contributed by atoms with Crippen LogP contribution in [-0.2, 0) is 10.0 Å². The average Bonchev–Trinajstić information content (AvgIpc) is 2.46. The number of hydrogen-bond acceptors (Lipinski definition) is 5. The zero-order valence-corrected chi connectivity index (χ0v) is 12.8. The molecule has 0 unspecified atom stereocenters. The van der Waals surface area contributed by atoms with Gasteiger partial charge in [-0.05, 0) is 25.1 Å². The minimum Gasteiger partial charge on any atom is -0.497 e. The van der Waals surface area contributed by atoms with E-state index in [2.05, 4.69) is 4.72 Å². The molecular formula is C14H14N2O5S. The summed E-state index contributed by atoms with van der Waals surface area (Å²) in [5.74, 6) is 0.495. The average molecular weight is 322 g/mol. The second-order valence-electron chi connectivity index (χ2n) is 4.54. The molecule has 0 saturated heterocycles. The first-order chi connectivity index (χ1) is 10.3. The molecule has 0 aliphatic rings. The van der Waals surface area contributed by atoms with Crippen LogP contribution in [-0.4, -0.2) is 20.5 Å². The van der Waals surface area contributed by atoms with Gasteiger partial charge in [0, 0.05) is 17.7 Å². The van der Waals surface area contributed by atoms with Gasteiger partial charge in [0.25, 0.3) is 15.7 Å². The maximum atomic E-state index is 12.3. The second-order valence-corrected chi connectivity index (χ2v) is 6.23. The van der Waals surface area contributed by atoms with Gasteiger partial charge in [-0.2, -0.15) is 0 Å². The summed E-state index contributed by atoms with van der Waals surface area (Å²) in [5.41, 5.74) is 0.460. The Morgan fingerprint density at radius 1 is 1.18 bits per heavy atom. The molecular weight excluding hydrogens is 308 g/mol. The molecule has 2 rings (SSSR count). The maximum Gasteiger partial charge on any atom is 0.273 e. The molecule has 0 amide bonds. The van der Waals surface area contributed by atoms with Crippen molar-refractivity contribution in [2.75, 3.05) is 11.8 Å². The van der Waals surface area contributed by atoms with E-state index in [0.29, 0.717) is 17.0 Å². The molecule has 8 heteroatoms. The van der Waals surface area contributed by atoms with Crippen LogP contribution in [0.3, 0.4) is 0 Å². The molecule has 22 heavy (non-hydrogen) atoms. The van der Waals surface area contributed by atoms with Gasteiger partial charge in [0.2, 0.25) is 0 Å². The predicted octanol–water partition coefficient (Wildman–Crippen LogP) is 2.71. The van der Waals surface area contributed by atoms with Crippen molar-refractivity contribution >= 4 is 21.4 Å². The largest absolute Gasteiger partial charge is 0.497 e. The molecule has 0 aliphatic heterocycles. The lowest BCUT2D eigenvalue weighted by Gasteiger charge is -2.09. The van der Waals surface area contributed by atoms with Gasteiger partial charge in [0.05, 0.1) is 22.6 Å². The van der Waals surface area contributed by atoms with Gasteiger partial charge in [-0.15, -0.1) is 0 Å². The van der Waals surface area contributed by atoms with E-state index in [1.54, 1.807) is 25.1 Å². The Kier molecular flexibility index (Phi) is 4.32. The molecule has 0 saturated carbocycles. The molecule has 0 radical (unpaired) electrons. The van der Waals surface area contributed by atoms with Crippen molar-refractivity contribution in [3.05, 3.63) is 58.1 Å². The van der Waals surface area contributed by atoms with Gasteiger partial charge in [-0.25, -0.2) is 8.42 Å². The molecule has 0 aliphatic carbocycles. The van der Waals surface area contributed by atoms with Crippen LogP contribution in [0.15, 0.2) is 47.4 Å². The normalized spacial score (nSPS) is 11.0. The Balaban J connectivity index is 2.38. The summed E-state index contributed by atoms with van der Waals surface area (Å²) in [7, 11) is -2.45. The number of nitrogens with one attached hydrogen (secondary N) is 1. The molecule has 0 fully saturated rings. The number of hydrogen-bond donors (Lipinski definition) is 1. The van der Waals surface area contributed by atoms with Gasteiger partial charge in [-0.3, -0.25) is 14.8 Å². The van der Waals surface area contributed by atoms with E-state index in [1.807, 2.05) is 0 Å². The lowest BCUT2D eigenvalue weighted by Crippen LogP contribution is -2.13. The highest BCUT2D eigenvalue weighted by Gasteiger charge is 2.20. The molecule has 1 N–H and O–H groups in total. The number of nitro benzene ring substituents is 1. The lowest BCUT2D eigenvalue weighted by atomic mass is 10.2. The van der Waals surface area contributed by atoms with Crippen LogP contribution in [0.25, 0.3) is 0 Å². The van der Waals surface area contributed by atoms with Crippen LogP contribution in [0.4, 0.5) is 11.4 Å². The second kappa shape index (κ2) is 6.02. The first-order valence-electron chi connectivity index (χ1n) is 6.25. The zero-order chi connectivity index (χ0) is 16.3. The van der Waals surface area contributed by atoms with Crippen LogP contribution in [0, 0.1) is 17.0 Å². The molecule has 0 spiro atoms. The number of ether oxygens (including phenoxy) is 1. The van der Waals surface area contributed by atoms with Crippen LogP contribution < -0.4 is 9.46 Å². The van der Waals surface area contributed by atoms with Crippen molar-refractivity contribution < 1.29 is 18.1 Å². The van der Waals surface area contributed by atoms with Crippen LogP contribution >= 0.6 is 0 Å². The van der Waals surface area contributed by atoms with Crippen LogP contribution in [0.5, 0.6) is 5.75 Å².